The van der Waals surface area contributed by atoms with E-state index in [0.717, 1.165) is 32.1 Å². The number of aliphatic carboxylic acids is 1. The lowest BCUT2D eigenvalue weighted by Crippen LogP contribution is -2.52. The summed E-state index contributed by atoms with van der Waals surface area (Å²) in [6.45, 7) is 0.893. The maximum Gasteiger partial charge on any atom is 0.323 e. The number of rotatable bonds is 8. The number of hydrogen-bond donors (Lipinski definition) is 2. The third-order valence-electron chi connectivity index (χ3n) is 4.09. The van der Waals surface area contributed by atoms with E-state index in [9.17, 15) is 9.59 Å². The number of carboxylic acid groups (broad SMARTS) is 1. The molecular formula is C14H24N2O4. The summed E-state index contributed by atoms with van der Waals surface area (Å²) in [7, 11) is 0. The molecule has 2 fully saturated rings. The van der Waals surface area contributed by atoms with Crippen LogP contribution in [0.3, 0.4) is 0 Å². The monoisotopic (exact) mass is 284 g/mol. The van der Waals surface area contributed by atoms with E-state index in [1.165, 1.54) is 4.90 Å². The highest BCUT2D eigenvalue weighted by molar-refractivity contribution is 5.80. The van der Waals surface area contributed by atoms with Gasteiger partial charge in [0.2, 0.25) is 0 Å². The average Bonchev–Trinajstić information content (AvgIpc) is 3.13. The van der Waals surface area contributed by atoms with Crippen LogP contribution in [-0.2, 0) is 4.79 Å². The van der Waals surface area contributed by atoms with Gasteiger partial charge in [-0.05, 0) is 44.4 Å². The zero-order valence-electron chi connectivity index (χ0n) is 11.8. The maximum atomic E-state index is 12.6. The molecule has 6 heteroatoms. The Kier molecular flexibility index (Phi) is 5.23. The first-order valence-electron chi connectivity index (χ1n) is 7.50. The van der Waals surface area contributed by atoms with E-state index in [0.29, 0.717) is 25.4 Å². The van der Waals surface area contributed by atoms with E-state index >= 15 is 0 Å². The molecule has 0 unspecified atom stereocenters. The lowest BCUT2D eigenvalue weighted by molar-refractivity contribution is -0.137. The van der Waals surface area contributed by atoms with Crippen LogP contribution in [0.5, 0.6) is 0 Å². The normalized spacial score (nSPS) is 18.4. The highest BCUT2D eigenvalue weighted by Crippen LogP contribution is 2.31. The van der Waals surface area contributed by atoms with Crippen LogP contribution >= 0.6 is 0 Å². The van der Waals surface area contributed by atoms with Crippen LogP contribution in [0.15, 0.2) is 0 Å². The molecular weight excluding hydrogens is 260 g/mol. The molecule has 0 radical (unpaired) electrons. The van der Waals surface area contributed by atoms with E-state index in [1.54, 1.807) is 4.90 Å². The van der Waals surface area contributed by atoms with Gasteiger partial charge in [-0.2, -0.15) is 0 Å². The molecule has 2 rings (SSSR count). The van der Waals surface area contributed by atoms with Crippen molar-refractivity contribution in [3.05, 3.63) is 0 Å². The summed E-state index contributed by atoms with van der Waals surface area (Å²) in [4.78, 5) is 26.8. The minimum Gasteiger partial charge on any atom is -0.480 e. The molecule has 114 valence electrons. The molecule has 0 aromatic heterocycles. The topological polar surface area (TPSA) is 81.1 Å². The van der Waals surface area contributed by atoms with Gasteiger partial charge >= 0.3 is 12.0 Å². The minimum absolute atomic E-state index is 0.0536. The van der Waals surface area contributed by atoms with Gasteiger partial charge in [0.1, 0.15) is 6.54 Å². The quantitative estimate of drug-likeness (QED) is 0.700. The van der Waals surface area contributed by atoms with Gasteiger partial charge in [-0.1, -0.05) is 0 Å². The average molecular weight is 284 g/mol. The van der Waals surface area contributed by atoms with Crippen LogP contribution in [0.25, 0.3) is 0 Å². The SMILES string of the molecule is O=C(O)CN(CC1CC1)C(=O)N(CCCO)C1CCC1. The highest BCUT2D eigenvalue weighted by Gasteiger charge is 2.34. The van der Waals surface area contributed by atoms with E-state index in [1.807, 2.05) is 0 Å². The molecule has 2 saturated carbocycles. The van der Waals surface area contributed by atoms with Crippen LogP contribution in [0, 0.1) is 5.92 Å². The van der Waals surface area contributed by atoms with Crippen molar-refractivity contribution in [3.63, 3.8) is 0 Å². The van der Waals surface area contributed by atoms with Crippen LogP contribution in [0.1, 0.15) is 38.5 Å². The summed E-state index contributed by atoms with van der Waals surface area (Å²) in [5.74, 6) is -0.492. The number of aliphatic hydroxyl groups excluding tert-OH is 1. The Balaban J connectivity index is 1.98. The number of aliphatic hydroxyl groups is 1. The Labute approximate surface area is 119 Å². The standard InChI is InChI=1S/C14H24N2O4/c17-8-2-7-16(12-3-1-4-12)14(20)15(10-13(18)19)9-11-5-6-11/h11-12,17H,1-10H2,(H,18,19). The molecule has 2 aliphatic carbocycles. The first-order valence-corrected chi connectivity index (χ1v) is 7.50. The zero-order chi connectivity index (χ0) is 14.5. The predicted molar refractivity (Wildman–Crippen MR) is 73.4 cm³/mol. The van der Waals surface area contributed by atoms with Crippen LogP contribution < -0.4 is 0 Å². The van der Waals surface area contributed by atoms with Crippen molar-refractivity contribution in [1.29, 1.82) is 0 Å². The molecule has 0 aromatic carbocycles. The molecule has 0 aromatic rings. The maximum absolute atomic E-state index is 12.6. The van der Waals surface area contributed by atoms with Crippen LogP contribution in [-0.4, -0.2) is 64.3 Å². The number of carboxylic acids is 1. The van der Waals surface area contributed by atoms with Crippen molar-refractivity contribution in [3.8, 4) is 0 Å². The number of nitrogens with zero attached hydrogens (tertiary/aromatic N) is 2. The Hall–Kier alpha value is -1.30. The van der Waals surface area contributed by atoms with E-state index < -0.39 is 5.97 Å². The Morgan fingerprint density at radius 3 is 2.30 bits per heavy atom. The fourth-order valence-corrected chi connectivity index (χ4v) is 2.54. The lowest BCUT2D eigenvalue weighted by Gasteiger charge is -2.40. The molecule has 6 nitrogen and oxygen atoms in total. The number of carbonyl (C=O) groups excluding carboxylic acids is 1. The van der Waals surface area contributed by atoms with Gasteiger partial charge in [-0.3, -0.25) is 4.79 Å². The third-order valence-corrected chi connectivity index (χ3v) is 4.09. The summed E-state index contributed by atoms with van der Waals surface area (Å²) in [5.41, 5.74) is 0. The molecule has 0 atom stereocenters. The smallest absolute Gasteiger partial charge is 0.323 e. The van der Waals surface area contributed by atoms with Crippen molar-refractivity contribution in [1.82, 2.24) is 9.80 Å². The molecule has 2 N–H and O–H groups in total. The second-order valence-corrected chi connectivity index (χ2v) is 5.86. The van der Waals surface area contributed by atoms with Gasteiger partial charge < -0.3 is 20.0 Å². The lowest BCUT2D eigenvalue weighted by atomic mass is 9.91. The summed E-state index contributed by atoms with van der Waals surface area (Å²) in [6, 6.07) is 0.0574. The first-order chi connectivity index (χ1) is 9.61. The fraction of sp³-hybridized carbons (Fsp3) is 0.857. The van der Waals surface area contributed by atoms with Gasteiger partial charge in [-0.15, -0.1) is 0 Å². The summed E-state index contributed by atoms with van der Waals surface area (Å²) in [6.07, 6.45) is 5.82. The van der Waals surface area contributed by atoms with Gasteiger partial charge in [0.05, 0.1) is 0 Å². The molecule has 20 heavy (non-hydrogen) atoms. The molecule has 2 aliphatic rings. The molecule has 0 aliphatic heterocycles. The number of carbonyl (C=O) groups is 2. The largest absolute Gasteiger partial charge is 0.480 e. The van der Waals surface area contributed by atoms with Crippen molar-refractivity contribution in [2.24, 2.45) is 5.92 Å². The number of hydrogen-bond acceptors (Lipinski definition) is 3. The second kappa shape index (κ2) is 6.92. The van der Waals surface area contributed by atoms with E-state index in [2.05, 4.69) is 0 Å². The summed E-state index contributed by atoms with van der Waals surface area (Å²) in [5, 5.41) is 17.9. The number of urea groups is 1. The van der Waals surface area contributed by atoms with Crippen molar-refractivity contribution in [2.75, 3.05) is 26.2 Å². The van der Waals surface area contributed by atoms with Gasteiger partial charge in [0, 0.05) is 25.7 Å². The Morgan fingerprint density at radius 2 is 1.85 bits per heavy atom. The Morgan fingerprint density at radius 1 is 1.15 bits per heavy atom. The number of amides is 2. The van der Waals surface area contributed by atoms with Crippen LogP contribution in [0.4, 0.5) is 4.79 Å². The zero-order valence-corrected chi connectivity index (χ0v) is 11.8. The van der Waals surface area contributed by atoms with Crippen molar-refractivity contribution in [2.45, 2.75) is 44.6 Å². The minimum atomic E-state index is -0.963. The van der Waals surface area contributed by atoms with Crippen LogP contribution in [0.2, 0.25) is 0 Å². The van der Waals surface area contributed by atoms with Gasteiger partial charge in [0.15, 0.2) is 0 Å². The highest BCUT2D eigenvalue weighted by atomic mass is 16.4. The Bertz CT molecular complexity index is 353. The molecule has 0 bridgehead atoms. The molecule has 2 amide bonds. The second-order valence-electron chi connectivity index (χ2n) is 5.86. The van der Waals surface area contributed by atoms with Crippen molar-refractivity contribution >= 4 is 12.0 Å². The fourth-order valence-electron chi connectivity index (χ4n) is 2.54. The molecule has 0 saturated heterocycles. The summed E-state index contributed by atoms with van der Waals surface area (Å²) < 4.78 is 0. The van der Waals surface area contributed by atoms with E-state index in [4.69, 9.17) is 10.2 Å². The third kappa shape index (κ3) is 4.10. The summed E-state index contributed by atoms with van der Waals surface area (Å²) >= 11 is 0. The first kappa shape index (κ1) is 15.1. The van der Waals surface area contributed by atoms with E-state index in [-0.39, 0.29) is 25.2 Å². The molecule has 0 heterocycles. The molecule has 0 spiro atoms. The van der Waals surface area contributed by atoms with Gasteiger partial charge in [0.25, 0.3) is 0 Å². The predicted octanol–water partition coefficient (Wildman–Crippen LogP) is 1.14. The van der Waals surface area contributed by atoms with Crippen molar-refractivity contribution < 1.29 is 19.8 Å². The van der Waals surface area contributed by atoms with Gasteiger partial charge in [-0.25, -0.2) is 4.79 Å².